The lowest BCUT2D eigenvalue weighted by atomic mass is 9.91. The summed E-state index contributed by atoms with van der Waals surface area (Å²) < 4.78 is 5.76. The average Bonchev–Trinajstić information content (AvgIpc) is 3.32. The van der Waals surface area contributed by atoms with Crippen molar-refractivity contribution in [2.24, 2.45) is 0 Å². The number of H-pyrrole nitrogens is 1. The number of nitrogens with zero attached hydrogens (tertiary/aromatic N) is 3. The number of hydrogen-bond donors (Lipinski definition) is 1. The SMILES string of the molecule is CCCCCCN1CC2(CCN(C(=O)c3cc(C4CC4)[nH]n3)CC2)OC1=O. The summed E-state index contributed by atoms with van der Waals surface area (Å²) in [6.07, 6.45) is 8.18. The van der Waals surface area contributed by atoms with E-state index < -0.39 is 5.60 Å². The van der Waals surface area contributed by atoms with Crippen molar-refractivity contribution in [3.05, 3.63) is 17.5 Å². The van der Waals surface area contributed by atoms with Crippen LogP contribution in [0.25, 0.3) is 0 Å². The molecule has 4 rings (SSSR count). The predicted molar refractivity (Wildman–Crippen MR) is 101 cm³/mol. The minimum Gasteiger partial charge on any atom is -0.441 e. The molecular formula is C20H30N4O3. The third-order valence-electron chi connectivity index (χ3n) is 6.12. The molecule has 1 saturated carbocycles. The molecule has 3 fully saturated rings. The lowest BCUT2D eigenvalue weighted by Crippen LogP contribution is -2.48. The molecule has 2 amide bonds. The average molecular weight is 374 g/mol. The molecule has 2 saturated heterocycles. The number of ether oxygens (including phenoxy) is 1. The van der Waals surface area contributed by atoms with Crippen LogP contribution in [-0.4, -0.2) is 63.8 Å². The Labute approximate surface area is 160 Å². The van der Waals surface area contributed by atoms with Gasteiger partial charge in [0.2, 0.25) is 0 Å². The van der Waals surface area contributed by atoms with Gasteiger partial charge in [-0.1, -0.05) is 26.2 Å². The van der Waals surface area contributed by atoms with Gasteiger partial charge in [0.25, 0.3) is 5.91 Å². The highest BCUT2D eigenvalue weighted by Gasteiger charge is 2.47. The van der Waals surface area contributed by atoms with Gasteiger partial charge in [0.05, 0.1) is 6.54 Å². The number of carbonyl (C=O) groups is 2. The van der Waals surface area contributed by atoms with Crippen LogP contribution in [0.1, 0.15) is 80.4 Å². The molecule has 7 heteroatoms. The largest absolute Gasteiger partial charge is 0.441 e. The molecule has 1 N–H and O–H groups in total. The van der Waals surface area contributed by atoms with Crippen molar-refractivity contribution in [2.45, 2.75) is 69.8 Å². The van der Waals surface area contributed by atoms with Crippen molar-refractivity contribution in [1.82, 2.24) is 20.0 Å². The summed E-state index contributed by atoms with van der Waals surface area (Å²) in [5.41, 5.74) is 1.17. The van der Waals surface area contributed by atoms with Gasteiger partial charge >= 0.3 is 6.09 Å². The Balaban J connectivity index is 1.29. The van der Waals surface area contributed by atoms with Gasteiger partial charge in [-0.3, -0.25) is 9.89 Å². The van der Waals surface area contributed by atoms with Crippen molar-refractivity contribution in [3.63, 3.8) is 0 Å². The zero-order chi connectivity index (χ0) is 18.9. The Morgan fingerprint density at radius 2 is 2.07 bits per heavy atom. The molecule has 1 aliphatic carbocycles. The smallest absolute Gasteiger partial charge is 0.410 e. The van der Waals surface area contributed by atoms with Crippen LogP contribution >= 0.6 is 0 Å². The van der Waals surface area contributed by atoms with E-state index in [4.69, 9.17) is 4.74 Å². The maximum Gasteiger partial charge on any atom is 0.410 e. The number of unbranched alkanes of at least 4 members (excludes halogenated alkanes) is 3. The number of aromatic amines is 1. The van der Waals surface area contributed by atoms with Gasteiger partial charge in [0.1, 0.15) is 11.3 Å². The monoisotopic (exact) mass is 374 g/mol. The van der Waals surface area contributed by atoms with Crippen molar-refractivity contribution < 1.29 is 14.3 Å². The van der Waals surface area contributed by atoms with Crippen LogP contribution in [0.3, 0.4) is 0 Å². The Morgan fingerprint density at radius 1 is 1.30 bits per heavy atom. The fourth-order valence-corrected chi connectivity index (χ4v) is 4.18. The molecule has 148 valence electrons. The molecule has 3 heterocycles. The number of hydrogen-bond acceptors (Lipinski definition) is 4. The van der Waals surface area contributed by atoms with Gasteiger partial charge in [-0.2, -0.15) is 5.10 Å². The summed E-state index contributed by atoms with van der Waals surface area (Å²) in [6.45, 7) is 4.85. The first-order valence-corrected chi connectivity index (χ1v) is 10.4. The maximum absolute atomic E-state index is 12.7. The number of carbonyl (C=O) groups excluding carboxylic acids is 2. The first-order valence-electron chi connectivity index (χ1n) is 10.4. The highest BCUT2D eigenvalue weighted by molar-refractivity contribution is 5.92. The Kier molecular flexibility index (Phi) is 5.10. The summed E-state index contributed by atoms with van der Waals surface area (Å²) >= 11 is 0. The second-order valence-electron chi connectivity index (χ2n) is 8.31. The molecule has 0 radical (unpaired) electrons. The highest BCUT2D eigenvalue weighted by atomic mass is 16.6. The van der Waals surface area contributed by atoms with Crippen LogP contribution in [0.15, 0.2) is 6.07 Å². The summed E-state index contributed by atoms with van der Waals surface area (Å²) in [5, 5.41) is 7.21. The van der Waals surface area contributed by atoms with Crippen LogP contribution in [0.5, 0.6) is 0 Å². The standard InChI is InChI=1S/C20H30N4O3/c1-2-3-4-5-10-24-14-20(27-19(24)26)8-11-23(12-9-20)18(25)17-13-16(21-22-17)15-6-7-15/h13,15H,2-12,14H2,1H3,(H,21,22). The van der Waals surface area contributed by atoms with E-state index in [0.717, 1.165) is 25.1 Å². The van der Waals surface area contributed by atoms with E-state index in [1.807, 2.05) is 15.9 Å². The Hall–Kier alpha value is -2.05. The third kappa shape index (κ3) is 3.96. The van der Waals surface area contributed by atoms with Crippen LogP contribution in [0.4, 0.5) is 4.79 Å². The van der Waals surface area contributed by atoms with E-state index in [-0.39, 0.29) is 12.0 Å². The van der Waals surface area contributed by atoms with Crippen LogP contribution < -0.4 is 0 Å². The van der Waals surface area contributed by atoms with Crippen molar-refractivity contribution >= 4 is 12.0 Å². The molecule has 7 nitrogen and oxygen atoms in total. The van der Waals surface area contributed by atoms with E-state index in [0.29, 0.717) is 44.1 Å². The van der Waals surface area contributed by atoms with Gasteiger partial charge in [-0.05, 0) is 25.3 Å². The minimum absolute atomic E-state index is 0.0197. The van der Waals surface area contributed by atoms with Gasteiger partial charge in [0, 0.05) is 44.1 Å². The number of rotatable bonds is 7. The molecule has 1 aromatic heterocycles. The van der Waals surface area contributed by atoms with Crippen LogP contribution in [0, 0.1) is 0 Å². The molecule has 1 aromatic rings. The molecule has 0 bridgehead atoms. The van der Waals surface area contributed by atoms with Crippen LogP contribution in [-0.2, 0) is 4.74 Å². The number of nitrogens with one attached hydrogen (secondary N) is 1. The third-order valence-corrected chi connectivity index (χ3v) is 6.12. The van der Waals surface area contributed by atoms with E-state index in [9.17, 15) is 9.59 Å². The Morgan fingerprint density at radius 3 is 2.78 bits per heavy atom. The number of aromatic nitrogens is 2. The topological polar surface area (TPSA) is 78.5 Å². The summed E-state index contributed by atoms with van der Waals surface area (Å²) in [4.78, 5) is 28.6. The minimum atomic E-state index is -0.413. The van der Waals surface area contributed by atoms with Gasteiger partial charge in [0.15, 0.2) is 0 Å². The van der Waals surface area contributed by atoms with Crippen LogP contribution in [0.2, 0.25) is 0 Å². The fourth-order valence-electron chi connectivity index (χ4n) is 4.18. The number of likely N-dealkylation sites (tertiary alicyclic amines) is 1. The van der Waals surface area contributed by atoms with E-state index in [1.54, 1.807) is 0 Å². The van der Waals surface area contributed by atoms with Crippen molar-refractivity contribution in [1.29, 1.82) is 0 Å². The second-order valence-corrected chi connectivity index (χ2v) is 8.31. The van der Waals surface area contributed by atoms with Crippen molar-refractivity contribution in [2.75, 3.05) is 26.2 Å². The molecule has 3 aliphatic rings. The van der Waals surface area contributed by atoms with Gasteiger partial charge in [-0.15, -0.1) is 0 Å². The quantitative estimate of drug-likeness (QED) is 0.743. The normalized spacial score (nSPS) is 21.7. The van der Waals surface area contributed by atoms with Gasteiger partial charge < -0.3 is 14.5 Å². The Bertz CT molecular complexity index is 689. The lowest BCUT2D eigenvalue weighted by Gasteiger charge is -2.37. The summed E-state index contributed by atoms with van der Waals surface area (Å²) in [5.74, 6) is 0.540. The van der Waals surface area contributed by atoms with Gasteiger partial charge in [-0.25, -0.2) is 4.79 Å². The molecule has 1 spiro atoms. The summed E-state index contributed by atoms with van der Waals surface area (Å²) in [6, 6.07) is 1.90. The maximum atomic E-state index is 12.7. The first-order chi connectivity index (χ1) is 13.1. The molecule has 0 unspecified atom stereocenters. The number of amides is 2. The molecule has 27 heavy (non-hydrogen) atoms. The zero-order valence-electron chi connectivity index (χ0n) is 16.2. The summed E-state index contributed by atoms with van der Waals surface area (Å²) in [7, 11) is 0. The van der Waals surface area contributed by atoms with E-state index in [1.165, 1.54) is 25.7 Å². The molecular weight excluding hydrogens is 344 g/mol. The van der Waals surface area contributed by atoms with Crippen molar-refractivity contribution in [3.8, 4) is 0 Å². The lowest BCUT2D eigenvalue weighted by molar-refractivity contribution is 0.00296. The molecule has 2 aliphatic heterocycles. The fraction of sp³-hybridized carbons (Fsp3) is 0.750. The van der Waals surface area contributed by atoms with E-state index in [2.05, 4.69) is 17.1 Å². The first kappa shape index (κ1) is 18.3. The molecule has 0 aromatic carbocycles. The predicted octanol–water partition coefficient (Wildman–Crippen LogP) is 3.29. The second kappa shape index (κ2) is 7.52. The zero-order valence-corrected chi connectivity index (χ0v) is 16.2. The van der Waals surface area contributed by atoms with E-state index >= 15 is 0 Å². The highest BCUT2D eigenvalue weighted by Crippen LogP contribution is 2.39. The molecule has 0 atom stereocenters. The number of piperidine rings is 1.